The smallest absolute Gasteiger partial charge is 0.267 e. The van der Waals surface area contributed by atoms with E-state index in [0.29, 0.717) is 12.1 Å². The van der Waals surface area contributed by atoms with Crippen molar-refractivity contribution in [3.8, 4) is 0 Å². The highest BCUT2D eigenvalue weighted by Crippen LogP contribution is 2.36. The van der Waals surface area contributed by atoms with Crippen LogP contribution in [0.3, 0.4) is 0 Å². The van der Waals surface area contributed by atoms with Crippen LogP contribution in [0, 0.1) is 6.92 Å². The molecule has 4 N–H and O–H groups in total. The minimum Gasteiger partial charge on any atom is -0.361 e. The van der Waals surface area contributed by atoms with Crippen LogP contribution in [-0.4, -0.2) is 57.3 Å². The summed E-state index contributed by atoms with van der Waals surface area (Å²) in [7, 11) is 0. The first-order chi connectivity index (χ1) is 16.5. The van der Waals surface area contributed by atoms with Gasteiger partial charge in [0.2, 0.25) is 11.8 Å². The molecular weight excluding hydrogens is 430 g/mol. The third-order valence-electron chi connectivity index (χ3n) is 7.13. The van der Waals surface area contributed by atoms with Gasteiger partial charge < -0.3 is 25.5 Å². The van der Waals surface area contributed by atoms with Crippen LogP contribution in [0.1, 0.15) is 53.7 Å². The number of aromatic amines is 2. The van der Waals surface area contributed by atoms with E-state index in [4.69, 9.17) is 0 Å². The summed E-state index contributed by atoms with van der Waals surface area (Å²) in [5.41, 5.74) is 3.76. The fourth-order valence-electron chi connectivity index (χ4n) is 5.55. The maximum absolute atomic E-state index is 13.3. The molecule has 178 valence electrons. The SMILES string of the molecule is Cc1ccc2[nH]cc(CC(=O)N3[C@@H]4CC[C@H]3CC(NC(=O)CCNC(=O)c3ccc[nH]3)C4)c2c1. The number of rotatable bonds is 7. The van der Waals surface area contributed by atoms with Crippen molar-refractivity contribution in [3.05, 3.63) is 59.5 Å². The maximum atomic E-state index is 13.3. The summed E-state index contributed by atoms with van der Waals surface area (Å²) >= 11 is 0. The van der Waals surface area contributed by atoms with E-state index in [1.807, 2.05) is 6.20 Å². The Labute approximate surface area is 198 Å². The lowest BCUT2D eigenvalue weighted by molar-refractivity contribution is -0.135. The van der Waals surface area contributed by atoms with Gasteiger partial charge in [0.1, 0.15) is 5.69 Å². The summed E-state index contributed by atoms with van der Waals surface area (Å²) < 4.78 is 0. The summed E-state index contributed by atoms with van der Waals surface area (Å²) in [5.74, 6) is -0.107. The van der Waals surface area contributed by atoms with E-state index in [0.717, 1.165) is 42.1 Å². The van der Waals surface area contributed by atoms with Gasteiger partial charge in [-0.1, -0.05) is 11.6 Å². The van der Waals surface area contributed by atoms with Gasteiger partial charge in [-0.05, 0) is 62.4 Å². The number of nitrogens with zero attached hydrogens (tertiary/aromatic N) is 1. The molecule has 2 aliphatic heterocycles. The quantitative estimate of drug-likeness (QED) is 0.434. The predicted octanol–water partition coefficient (Wildman–Crippen LogP) is 2.81. The van der Waals surface area contributed by atoms with Crippen molar-refractivity contribution in [1.82, 2.24) is 25.5 Å². The van der Waals surface area contributed by atoms with Crippen molar-refractivity contribution in [3.63, 3.8) is 0 Å². The number of nitrogens with one attached hydrogen (secondary N) is 4. The fraction of sp³-hybridized carbons (Fsp3) is 0.423. The molecule has 5 rings (SSSR count). The van der Waals surface area contributed by atoms with Crippen LogP contribution in [0.25, 0.3) is 10.9 Å². The number of fused-ring (bicyclic) bond motifs is 3. The summed E-state index contributed by atoms with van der Waals surface area (Å²) in [5, 5.41) is 7.00. The molecule has 2 aliphatic rings. The van der Waals surface area contributed by atoms with E-state index in [-0.39, 0.29) is 48.8 Å². The molecule has 0 spiro atoms. The van der Waals surface area contributed by atoms with E-state index in [9.17, 15) is 14.4 Å². The van der Waals surface area contributed by atoms with Gasteiger partial charge in [-0.15, -0.1) is 0 Å². The molecule has 3 atom stereocenters. The molecule has 0 saturated carbocycles. The number of piperidine rings is 1. The van der Waals surface area contributed by atoms with Gasteiger partial charge in [0, 0.05) is 54.4 Å². The van der Waals surface area contributed by atoms with E-state index in [2.05, 4.69) is 50.6 Å². The van der Waals surface area contributed by atoms with Crippen LogP contribution >= 0.6 is 0 Å². The molecule has 3 amide bonds. The molecule has 4 heterocycles. The molecule has 8 nitrogen and oxygen atoms in total. The summed E-state index contributed by atoms with van der Waals surface area (Å²) in [6.45, 7) is 2.35. The Bertz CT molecular complexity index is 1180. The van der Waals surface area contributed by atoms with Gasteiger partial charge >= 0.3 is 0 Å². The minimum atomic E-state index is -0.215. The third-order valence-corrected chi connectivity index (χ3v) is 7.13. The molecule has 0 aliphatic carbocycles. The molecule has 2 fully saturated rings. The number of aromatic nitrogens is 2. The number of carbonyl (C=O) groups is 3. The summed E-state index contributed by atoms with van der Waals surface area (Å²) in [6, 6.07) is 10.1. The van der Waals surface area contributed by atoms with Crippen LogP contribution in [0.15, 0.2) is 42.7 Å². The number of amides is 3. The van der Waals surface area contributed by atoms with E-state index >= 15 is 0 Å². The van der Waals surface area contributed by atoms with Crippen molar-refractivity contribution in [2.45, 2.75) is 63.6 Å². The van der Waals surface area contributed by atoms with Crippen molar-refractivity contribution in [2.24, 2.45) is 0 Å². The highest BCUT2D eigenvalue weighted by atomic mass is 16.2. The zero-order valence-electron chi connectivity index (χ0n) is 19.4. The zero-order valence-corrected chi connectivity index (χ0v) is 19.4. The second kappa shape index (κ2) is 9.37. The van der Waals surface area contributed by atoms with Gasteiger partial charge in [-0.25, -0.2) is 0 Å². The van der Waals surface area contributed by atoms with Gasteiger partial charge in [0.05, 0.1) is 6.42 Å². The van der Waals surface area contributed by atoms with Gasteiger partial charge in [0.15, 0.2) is 0 Å². The summed E-state index contributed by atoms with van der Waals surface area (Å²) in [4.78, 5) is 45.9. The molecule has 3 aromatic rings. The van der Waals surface area contributed by atoms with Gasteiger partial charge in [0.25, 0.3) is 5.91 Å². The average molecular weight is 462 g/mol. The molecule has 34 heavy (non-hydrogen) atoms. The Morgan fingerprint density at radius 1 is 1.09 bits per heavy atom. The molecule has 1 aromatic carbocycles. The number of benzene rings is 1. The number of H-pyrrole nitrogens is 2. The van der Waals surface area contributed by atoms with Crippen molar-refractivity contribution >= 4 is 28.6 Å². The lowest BCUT2D eigenvalue weighted by Gasteiger charge is -2.39. The number of hydrogen-bond donors (Lipinski definition) is 4. The minimum absolute atomic E-state index is 0.0647. The standard InChI is InChI=1S/C26H31N5O3/c1-16-4-7-22-21(11-16)17(15-29-22)12-25(33)31-19-5-6-20(31)14-18(13-19)30-24(32)8-10-28-26(34)23-3-2-9-27-23/h2-4,7,9,11,15,18-20,27,29H,5-6,8,10,12-14H2,1H3,(H,28,34)(H,30,32)/t18?,19-,20+. The Kier molecular flexibility index (Phi) is 6.13. The Morgan fingerprint density at radius 2 is 1.88 bits per heavy atom. The van der Waals surface area contributed by atoms with Crippen LogP contribution in [-0.2, 0) is 16.0 Å². The first-order valence-electron chi connectivity index (χ1n) is 12.1. The summed E-state index contributed by atoms with van der Waals surface area (Å²) in [6.07, 6.45) is 7.82. The highest BCUT2D eigenvalue weighted by Gasteiger charge is 2.43. The molecule has 2 saturated heterocycles. The molecule has 8 heteroatoms. The van der Waals surface area contributed by atoms with E-state index in [1.165, 1.54) is 5.56 Å². The maximum Gasteiger partial charge on any atom is 0.267 e. The largest absolute Gasteiger partial charge is 0.361 e. The Morgan fingerprint density at radius 3 is 2.62 bits per heavy atom. The molecule has 1 unspecified atom stereocenters. The van der Waals surface area contributed by atoms with Gasteiger partial charge in [-0.2, -0.15) is 0 Å². The second-order valence-electron chi connectivity index (χ2n) is 9.55. The average Bonchev–Trinajstić information content (AvgIpc) is 3.53. The van der Waals surface area contributed by atoms with Crippen LogP contribution < -0.4 is 10.6 Å². The van der Waals surface area contributed by atoms with E-state index in [1.54, 1.807) is 18.3 Å². The zero-order chi connectivity index (χ0) is 23.7. The molecule has 2 bridgehead atoms. The van der Waals surface area contributed by atoms with Crippen molar-refractivity contribution < 1.29 is 14.4 Å². The second-order valence-corrected chi connectivity index (χ2v) is 9.55. The monoisotopic (exact) mass is 461 g/mol. The van der Waals surface area contributed by atoms with E-state index < -0.39 is 0 Å². The van der Waals surface area contributed by atoms with Crippen LogP contribution in [0.4, 0.5) is 0 Å². The first kappa shape index (κ1) is 22.3. The lowest BCUT2D eigenvalue weighted by Crippen LogP contribution is -2.53. The predicted molar refractivity (Wildman–Crippen MR) is 129 cm³/mol. The Hall–Kier alpha value is -3.55. The Balaban J connectivity index is 1.12. The van der Waals surface area contributed by atoms with Crippen molar-refractivity contribution in [2.75, 3.05) is 6.54 Å². The lowest BCUT2D eigenvalue weighted by atomic mass is 9.96. The third kappa shape index (κ3) is 4.58. The number of carbonyl (C=O) groups excluding carboxylic acids is 3. The molecule has 2 aromatic heterocycles. The first-order valence-corrected chi connectivity index (χ1v) is 12.1. The van der Waals surface area contributed by atoms with Crippen LogP contribution in [0.2, 0.25) is 0 Å². The molecular formula is C26H31N5O3. The van der Waals surface area contributed by atoms with Crippen molar-refractivity contribution in [1.29, 1.82) is 0 Å². The highest BCUT2D eigenvalue weighted by molar-refractivity contribution is 5.92. The normalized spacial score (nSPS) is 21.6. The topological polar surface area (TPSA) is 110 Å². The molecule has 0 radical (unpaired) electrons. The number of hydrogen-bond acceptors (Lipinski definition) is 3. The van der Waals surface area contributed by atoms with Gasteiger partial charge in [-0.3, -0.25) is 14.4 Å². The number of aryl methyl sites for hydroxylation is 1. The fourth-order valence-corrected chi connectivity index (χ4v) is 5.55. The van der Waals surface area contributed by atoms with Crippen LogP contribution in [0.5, 0.6) is 0 Å².